The van der Waals surface area contributed by atoms with Crippen molar-refractivity contribution in [3.05, 3.63) is 34.1 Å². The van der Waals surface area contributed by atoms with Gasteiger partial charge in [-0.05, 0) is 36.5 Å². The van der Waals surface area contributed by atoms with Crippen molar-refractivity contribution in [2.75, 3.05) is 20.6 Å². The molecule has 0 aliphatic rings. The van der Waals surface area contributed by atoms with Crippen molar-refractivity contribution < 1.29 is 4.52 Å². The van der Waals surface area contributed by atoms with E-state index < -0.39 is 0 Å². The largest absolute Gasteiger partial charge is 0.339 e. The van der Waals surface area contributed by atoms with Crippen LogP contribution in [0.4, 0.5) is 0 Å². The molecule has 0 saturated carbocycles. The number of thiophene rings is 1. The molecule has 0 radical (unpaired) electrons. The normalized spacial score (nSPS) is 13.2. The second-order valence-corrected chi connectivity index (χ2v) is 5.00. The van der Waals surface area contributed by atoms with E-state index >= 15 is 0 Å². The first-order valence-corrected chi connectivity index (χ1v) is 6.33. The number of likely N-dealkylation sites (N-methyl/N-ethyl adjacent to an activating group) is 1. The molecular formula is C11H16N4OS. The summed E-state index contributed by atoms with van der Waals surface area (Å²) < 4.78 is 5.19. The molecule has 2 aromatic heterocycles. The van der Waals surface area contributed by atoms with Gasteiger partial charge >= 0.3 is 0 Å². The first kappa shape index (κ1) is 12.2. The van der Waals surface area contributed by atoms with Gasteiger partial charge in [-0.3, -0.25) is 0 Å². The van der Waals surface area contributed by atoms with E-state index in [4.69, 9.17) is 10.3 Å². The summed E-state index contributed by atoms with van der Waals surface area (Å²) in [6.07, 6.45) is 0.672. The van der Waals surface area contributed by atoms with Crippen molar-refractivity contribution in [1.29, 1.82) is 0 Å². The second-order valence-electron chi connectivity index (χ2n) is 4.22. The number of aromatic nitrogens is 2. The highest BCUT2D eigenvalue weighted by molar-refractivity contribution is 7.07. The van der Waals surface area contributed by atoms with Crippen LogP contribution in [0.15, 0.2) is 21.3 Å². The highest BCUT2D eigenvalue weighted by Crippen LogP contribution is 2.13. The number of nitrogens with two attached hydrogens (primary N) is 1. The molecule has 17 heavy (non-hydrogen) atoms. The van der Waals surface area contributed by atoms with Gasteiger partial charge in [0.2, 0.25) is 5.89 Å². The first-order valence-electron chi connectivity index (χ1n) is 5.39. The monoisotopic (exact) mass is 252 g/mol. The van der Waals surface area contributed by atoms with E-state index in [-0.39, 0.29) is 6.04 Å². The van der Waals surface area contributed by atoms with E-state index in [1.807, 2.05) is 30.4 Å². The van der Waals surface area contributed by atoms with E-state index in [0.717, 1.165) is 0 Å². The first-order chi connectivity index (χ1) is 8.15. The second kappa shape index (κ2) is 5.39. The Morgan fingerprint density at radius 2 is 2.35 bits per heavy atom. The van der Waals surface area contributed by atoms with Crippen molar-refractivity contribution in [2.45, 2.75) is 12.5 Å². The van der Waals surface area contributed by atoms with Crippen LogP contribution in [0.1, 0.15) is 23.3 Å². The molecule has 0 spiro atoms. The summed E-state index contributed by atoms with van der Waals surface area (Å²) >= 11 is 1.66. The van der Waals surface area contributed by atoms with Gasteiger partial charge in [0.25, 0.3) is 0 Å². The molecule has 0 fully saturated rings. The lowest BCUT2D eigenvalue weighted by Crippen LogP contribution is -2.26. The maximum atomic E-state index is 5.96. The number of nitrogens with zero attached hydrogens (tertiary/aromatic N) is 3. The number of hydrogen-bond acceptors (Lipinski definition) is 6. The minimum Gasteiger partial charge on any atom is -0.339 e. The van der Waals surface area contributed by atoms with Crippen LogP contribution in [0.25, 0.3) is 0 Å². The molecule has 2 aromatic rings. The van der Waals surface area contributed by atoms with Crippen molar-refractivity contribution in [1.82, 2.24) is 15.0 Å². The zero-order valence-corrected chi connectivity index (χ0v) is 10.8. The lowest BCUT2D eigenvalue weighted by atomic mass is 10.2. The fourth-order valence-electron chi connectivity index (χ4n) is 1.53. The minimum absolute atomic E-state index is 0.204. The third kappa shape index (κ3) is 3.36. The molecule has 2 heterocycles. The van der Waals surface area contributed by atoms with Gasteiger partial charge in [0.1, 0.15) is 0 Å². The Morgan fingerprint density at radius 1 is 1.53 bits per heavy atom. The molecule has 6 heteroatoms. The average molecular weight is 252 g/mol. The van der Waals surface area contributed by atoms with Crippen molar-refractivity contribution >= 4 is 11.3 Å². The summed E-state index contributed by atoms with van der Waals surface area (Å²) in [7, 11) is 3.93. The van der Waals surface area contributed by atoms with Crippen LogP contribution in [-0.2, 0) is 6.42 Å². The van der Waals surface area contributed by atoms with Gasteiger partial charge in [0.15, 0.2) is 5.82 Å². The third-order valence-electron chi connectivity index (χ3n) is 2.31. The summed E-state index contributed by atoms with van der Waals surface area (Å²) in [5.74, 6) is 1.19. The lowest BCUT2D eigenvalue weighted by molar-refractivity contribution is 0.348. The maximum absolute atomic E-state index is 5.96. The smallest absolute Gasteiger partial charge is 0.231 e. The molecule has 0 saturated heterocycles. The van der Waals surface area contributed by atoms with E-state index in [2.05, 4.69) is 15.5 Å². The van der Waals surface area contributed by atoms with Gasteiger partial charge in [-0.25, -0.2) is 0 Å². The molecule has 0 amide bonds. The van der Waals surface area contributed by atoms with E-state index in [0.29, 0.717) is 24.7 Å². The maximum Gasteiger partial charge on any atom is 0.231 e. The van der Waals surface area contributed by atoms with E-state index in [9.17, 15) is 0 Å². The van der Waals surface area contributed by atoms with Crippen LogP contribution < -0.4 is 5.73 Å². The molecule has 2 N–H and O–H groups in total. The summed E-state index contributed by atoms with van der Waals surface area (Å²) in [6.45, 7) is 0.706. The Kier molecular flexibility index (Phi) is 3.88. The topological polar surface area (TPSA) is 68.2 Å². The SMILES string of the molecule is CN(C)CC(N)c1noc(Cc2ccsc2)n1. The summed E-state index contributed by atoms with van der Waals surface area (Å²) in [4.78, 5) is 6.31. The molecule has 1 unspecified atom stereocenters. The Morgan fingerprint density at radius 3 is 3.00 bits per heavy atom. The van der Waals surface area contributed by atoms with Crippen molar-refractivity contribution in [2.24, 2.45) is 5.73 Å². The zero-order valence-electron chi connectivity index (χ0n) is 9.96. The molecule has 2 rings (SSSR count). The Bertz CT molecular complexity index is 452. The number of hydrogen-bond donors (Lipinski definition) is 1. The Hall–Kier alpha value is -1.24. The number of rotatable bonds is 5. The third-order valence-corrected chi connectivity index (χ3v) is 3.04. The van der Waals surface area contributed by atoms with Gasteiger partial charge in [-0.15, -0.1) is 0 Å². The van der Waals surface area contributed by atoms with Gasteiger partial charge in [0, 0.05) is 6.54 Å². The molecule has 0 aromatic carbocycles. The van der Waals surface area contributed by atoms with Gasteiger partial charge in [-0.1, -0.05) is 5.16 Å². The molecule has 1 atom stereocenters. The van der Waals surface area contributed by atoms with Crippen LogP contribution in [0.5, 0.6) is 0 Å². The molecule has 0 aliphatic carbocycles. The van der Waals surface area contributed by atoms with Crippen LogP contribution in [0.2, 0.25) is 0 Å². The molecule has 0 aliphatic heterocycles. The predicted octanol–water partition coefficient (Wildman–Crippen LogP) is 1.28. The quantitative estimate of drug-likeness (QED) is 0.868. The standard InChI is InChI=1S/C11H16N4OS/c1-15(2)6-9(12)11-13-10(16-14-11)5-8-3-4-17-7-8/h3-4,7,9H,5-6,12H2,1-2H3. The van der Waals surface area contributed by atoms with Crippen molar-refractivity contribution in [3.8, 4) is 0 Å². The molecular weight excluding hydrogens is 236 g/mol. The fraction of sp³-hybridized carbons (Fsp3) is 0.455. The molecule has 92 valence electrons. The summed E-state index contributed by atoms with van der Waals surface area (Å²) in [6, 6.07) is 1.85. The highest BCUT2D eigenvalue weighted by atomic mass is 32.1. The van der Waals surface area contributed by atoms with Crippen molar-refractivity contribution in [3.63, 3.8) is 0 Å². The van der Waals surface area contributed by atoms with Crippen LogP contribution in [0, 0.1) is 0 Å². The van der Waals surface area contributed by atoms with E-state index in [1.54, 1.807) is 11.3 Å². The summed E-state index contributed by atoms with van der Waals surface area (Å²) in [5.41, 5.74) is 7.14. The van der Waals surface area contributed by atoms with Crippen LogP contribution >= 0.6 is 11.3 Å². The zero-order chi connectivity index (χ0) is 12.3. The minimum atomic E-state index is -0.204. The van der Waals surface area contributed by atoms with Gasteiger partial charge in [0.05, 0.1) is 12.5 Å². The predicted molar refractivity (Wildman–Crippen MR) is 66.9 cm³/mol. The van der Waals surface area contributed by atoms with E-state index in [1.165, 1.54) is 5.56 Å². The van der Waals surface area contributed by atoms with Crippen LogP contribution in [-0.4, -0.2) is 35.7 Å². The highest BCUT2D eigenvalue weighted by Gasteiger charge is 2.15. The Labute approximate surface area is 104 Å². The fourth-order valence-corrected chi connectivity index (χ4v) is 2.20. The molecule has 5 nitrogen and oxygen atoms in total. The summed E-state index contributed by atoms with van der Waals surface area (Å²) in [5, 5.41) is 8.02. The Balaban J connectivity index is 2.00. The van der Waals surface area contributed by atoms with Gasteiger partial charge in [-0.2, -0.15) is 16.3 Å². The van der Waals surface area contributed by atoms with Gasteiger partial charge < -0.3 is 15.2 Å². The lowest BCUT2D eigenvalue weighted by Gasteiger charge is -2.12. The average Bonchev–Trinajstić information content (AvgIpc) is 2.88. The van der Waals surface area contributed by atoms with Crippen LogP contribution in [0.3, 0.4) is 0 Å². The molecule has 0 bridgehead atoms.